The van der Waals surface area contributed by atoms with Crippen molar-refractivity contribution in [1.82, 2.24) is 4.90 Å². The van der Waals surface area contributed by atoms with E-state index in [9.17, 15) is 14.4 Å². The van der Waals surface area contributed by atoms with Crippen molar-refractivity contribution in [2.45, 2.75) is 12.8 Å². The zero-order valence-electron chi connectivity index (χ0n) is 10.4. The number of amides is 1. The van der Waals surface area contributed by atoms with E-state index in [2.05, 4.69) is 0 Å². The highest BCUT2D eigenvalue weighted by Gasteiger charge is 2.41. The number of hydrogen-bond acceptors (Lipinski definition) is 4. The van der Waals surface area contributed by atoms with Crippen molar-refractivity contribution in [3.05, 3.63) is 0 Å². The molecule has 2 fully saturated rings. The molecule has 0 aliphatic carbocycles. The lowest BCUT2D eigenvalue weighted by Crippen LogP contribution is -2.50. The van der Waals surface area contributed by atoms with Gasteiger partial charge < -0.3 is 19.8 Å². The molecule has 0 aromatic carbocycles. The Kier molecular flexibility index (Phi) is 4.04. The van der Waals surface area contributed by atoms with Crippen LogP contribution in [0.25, 0.3) is 0 Å². The van der Waals surface area contributed by atoms with Gasteiger partial charge in [0.15, 0.2) is 0 Å². The van der Waals surface area contributed by atoms with E-state index in [0.29, 0.717) is 26.2 Å². The molecule has 2 saturated heterocycles. The monoisotopic (exact) mass is 271 g/mol. The number of ether oxygens (including phenoxy) is 1. The maximum Gasteiger partial charge on any atom is 0.309 e. The highest BCUT2D eigenvalue weighted by molar-refractivity contribution is 5.83. The molecule has 3 atom stereocenters. The van der Waals surface area contributed by atoms with Gasteiger partial charge in [-0.1, -0.05) is 0 Å². The standard InChI is InChI=1S/C12H17NO6/c14-10(7-2-4-19-6-7)13-3-1-8(11(15)16)9(5-13)12(17)18/h7-9H,1-6H2,(H,15,16)(H,17,18). The maximum absolute atomic E-state index is 12.2. The fraction of sp³-hybridized carbons (Fsp3) is 0.750. The summed E-state index contributed by atoms with van der Waals surface area (Å²) in [7, 11) is 0. The molecule has 0 saturated carbocycles. The molecule has 106 valence electrons. The minimum atomic E-state index is -1.16. The Morgan fingerprint density at radius 3 is 2.26 bits per heavy atom. The number of carbonyl (C=O) groups excluding carboxylic acids is 1. The van der Waals surface area contributed by atoms with Gasteiger partial charge in [-0.25, -0.2) is 0 Å². The molecule has 2 N–H and O–H groups in total. The molecule has 0 radical (unpaired) electrons. The van der Waals surface area contributed by atoms with Gasteiger partial charge >= 0.3 is 11.9 Å². The largest absolute Gasteiger partial charge is 0.481 e. The second-order valence-electron chi connectivity index (χ2n) is 5.02. The Morgan fingerprint density at radius 2 is 1.74 bits per heavy atom. The van der Waals surface area contributed by atoms with E-state index in [-0.39, 0.29) is 24.8 Å². The first kappa shape index (κ1) is 13.8. The third kappa shape index (κ3) is 2.86. The van der Waals surface area contributed by atoms with Gasteiger partial charge in [0.2, 0.25) is 5.91 Å². The van der Waals surface area contributed by atoms with E-state index in [1.54, 1.807) is 0 Å². The van der Waals surface area contributed by atoms with Crippen LogP contribution in [0.1, 0.15) is 12.8 Å². The number of likely N-dealkylation sites (tertiary alicyclic amines) is 1. The Hall–Kier alpha value is -1.63. The van der Waals surface area contributed by atoms with Crippen molar-refractivity contribution < 1.29 is 29.3 Å². The van der Waals surface area contributed by atoms with Crippen LogP contribution in [0.5, 0.6) is 0 Å². The Labute approximate surface area is 110 Å². The lowest BCUT2D eigenvalue weighted by atomic mass is 9.85. The number of rotatable bonds is 3. The predicted octanol–water partition coefficient (Wildman–Crippen LogP) is -0.343. The van der Waals surface area contributed by atoms with Gasteiger partial charge in [-0.3, -0.25) is 14.4 Å². The predicted molar refractivity (Wildman–Crippen MR) is 62.4 cm³/mol. The maximum atomic E-state index is 12.2. The average Bonchev–Trinajstić information content (AvgIpc) is 2.90. The summed E-state index contributed by atoms with van der Waals surface area (Å²) in [6, 6.07) is 0. The van der Waals surface area contributed by atoms with Gasteiger partial charge in [0.1, 0.15) is 0 Å². The molecular weight excluding hydrogens is 254 g/mol. The molecule has 19 heavy (non-hydrogen) atoms. The lowest BCUT2D eigenvalue weighted by Gasteiger charge is -2.35. The Morgan fingerprint density at radius 1 is 1.05 bits per heavy atom. The van der Waals surface area contributed by atoms with Crippen LogP contribution in [0, 0.1) is 17.8 Å². The first-order valence-corrected chi connectivity index (χ1v) is 6.33. The zero-order chi connectivity index (χ0) is 14.0. The number of aliphatic carboxylic acids is 2. The topological polar surface area (TPSA) is 104 Å². The van der Waals surface area contributed by atoms with Crippen LogP contribution in [-0.4, -0.2) is 59.3 Å². The smallest absolute Gasteiger partial charge is 0.309 e. The van der Waals surface area contributed by atoms with E-state index in [1.807, 2.05) is 0 Å². The summed E-state index contributed by atoms with van der Waals surface area (Å²) < 4.78 is 5.14. The van der Waals surface area contributed by atoms with E-state index < -0.39 is 23.8 Å². The van der Waals surface area contributed by atoms with Gasteiger partial charge in [0.25, 0.3) is 0 Å². The molecule has 2 rings (SSSR count). The van der Waals surface area contributed by atoms with Crippen LogP contribution in [0.3, 0.4) is 0 Å². The van der Waals surface area contributed by atoms with Crippen molar-refractivity contribution in [1.29, 1.82) is 0 Å². The molecule has 7 nitrogen and oxygen atoms in total. The summed E-state index contributed by atoms with van der Waals surface area (Å²) in [6.45, 7) is 1.19. The Balaban J connectivity index is 2.03. The van der Waals surface area contributed by atoms with Crippen LogP contribution in [0.4, 0.5) is 0 Å². The van der Waals surface area contributed by atoms with Crippen LogP contribution >= 0.6 is 0 Å². The first-order valence-electron chi connectivity index (χ1n) is 6.33. The first-order chi connectivity index (χ1) is 9.00. The fourth-order valence-electron chi connectivity index (χ4n) is 2.69. The van der Waals surface area contributed by atoms with Crippen LogP contribution in [0.2, 0.25) is 0 Å². The normalized spacial score (nSPS) is 31.2. The minimum Gasteiger partial charge on any atom is -0.481 e. The summed E-state index contributed by atoms with van der Waals surface area (Å²) >= 11 is 0. The van der Waals surface area contributed by atoms with Gasteiger partial charge in [-0.2, -0.15) is 0 Å². The molecule has 3 unspecified atom stereocenters. The second kappa shape index (κ2) is 5.56. The highest BCUT2D eigenvalue weighted by Crippen LogP contribution is 2.26. The number of nitrogens with zero attached hydrogens (tertiary/aromatic N) is 1. The van der Waals surface area contributed by atoms with Gasteiger partial charge in [0, 0.05) is 19.7 Å². The third-order valence-corrected chi connectivity index (χ3v) is 3.84. The van der Waals surface area contributed by atoms with Crippen molar-refractivity contribution in [2.24, 2.45) is 17.8 Å². The molecule has 2 aliphatic rings. The van der Waals surface area contributed by atoms with Crippen molar-refractivity contribution in [3.63, 3.8) is 0 Å². The lowest BCUT2D eigenvalue weighted by molar-refractivity contribution is -0.159. The minimum absolute atomic E-state index is 0.0262. The number of piperidine rings is 1. The number of carboxylic acids is 2. The number of carbonyl (C=O) groups is 3. The second-order valence-corrected chi connectivity index (χ2v) is 5.02. The van der Waals surface area contributed by atoms with E-state index in [4.69, 9.17) is 14.9 Å². The van der Waals surface area contributed by atoms with E-state index in [1.165, 1.54) is 4.90 Å². The average molecular weight is 271 g/mol. The molecule has 0 bridgehead atoms. The van der Waals surface area contributed by atoms with Crippen LogP contribution < -0.4 is 0 Å². The summed E-state index contributed by atoms with van der Waals surface area (Å²) in [5.41, 5.74) is 0. The molecule has 7 heteroatoms. The molecule has 2 aliphatic heterocycles. The molecule has 0 aromatic rings. The fourth-order valence-corrected chi connectivity index (χ4v) is 2.69. The van der Waals surface area contributed by atoms with Gasteiger partial charge in [0.05, 0.1) is 24.4 Å². The quantitative estimate of drug-likeness (QED) is 0.727. The summed E-state index contributed by atoms with van der Waals surface area (Å²) in [6.07, 6.45) is 0.834. The van der Waals surface area contributed by atoms with E-state index in [0.717, 1.165) is 0 Å². The highest BCUT2D eigenvalue weighted by atomic mass is 16.5. The van der Waals surface area contributed by atoms with Gasteiger partial charge in [-0.15, -0.1) is 0 Å². The summed E-state index contributed by atoms with van der Waals surface area (Å²) in [4.78, 5) is 35.8. The summed E-state index contributed by atoms with van der Waals surface area (Å²) in [5, 5.41) is 18.1. The van der Waals surface area contributed by atoms with Crippen molar-refractivity contribution in [2.75, 3.05) is 26.3 Å². The van der Waals surface area contributed by atoms with Crippen molar-refractivity contribution in [3.8, 4) is 0 Å². The van der Waals surface area contributed by atoms with E-state index >= 15 is 0 Å². The number of hydrogen-bond donors (Lipinski definition) is 2. The molecule has 2 heterocycles. The van der Waals surface area contributed by atoms with Crippen molar-refractivity contribution >= 4 is 17.8 Å². The molecule has 0 aromatic heterocycles. The molecular formula is C12H17NO6. The summed E-state index contributed by atoms with van der Waals surface area (Å²) in [5.74, 6) is -4.54. The Bertz CT molecular complexity index is 390. The molecule has 0 spiro atoms. The van der Waals surface area contributed by atoms with Crippen LogP contribution in [0.15, 0.2) is 0 Å². The zero-order valence-corrected chi connectivity index (χ0v) is 10.4. The SMILES string of the molecule is O=C(O)C1CCN(C(=O)C2CCOC2)CC1C(=O)O. The number of carboxylic acid groups (broad SMARTS) is 2. The molecule has 1 amide bonds. The van der Waals surface area contributed by atoms with Gasteiger partial charge in [-0.05, 0) is 12.8 Å². The van der Waals surface area contributed by atoms with Crippen LogP contribution in [-0.2, 0) is 19.1 Å². The third-order valence-electron chi connectivity index (χ3n) is 3.84.